The molecule has 1 aliphatic carbocycles. The Hall–Kier alpha value is -0.370. The van der Waals surface area contributed by atoms with Gasteiger partial charge in [-0.25, -0.2) is 0 Å². The second-order valence-electron chi connectivity index (χ2n) is 3.47. The van der Waals surface area contributed by atoms with Crippen LogP contribution in [0.2, 0.25) is 0 Å². The van der Waals surface area contributed by atoms with E-state index >= 15 is 0 Å². The van der Waals surface area contributed by atoms with Gasteiger partial charge in [-0.05, 0) is 37.8 Å². The molecule has 0 spiro atoms. The molecule has 2 fully saturated rings. The summed E-state index contributed by atoms with van der Waals surface area (Å²) in [5.41, 5.74) is 0. The number of piperidine rings is 1. The lowest BCUT2D eigenvalue weighted by Gasteiger charge is -2.25. The van der Waals surface area contributed by atoms with Crippen molar-refractivity contribution in [3.63, 3.8) is 0 Å². The molecule has 0 aromatic rings. The van der Waals surface area contributed by atoms with Gasteiger partial charge in [-0.2, -0.15) is 0 Å². The fraction of sp³-hybridized carbons (Fsp3) is 0.875. The van der Waals surface area contributed by atoms with E-state index in [0.29, 0.717) is 17.8 Å². The van der Waals surface area contributed by atoms with Crippen molar-refractivity contribution in [2.45, 2.75) is 12.8 Å². The molecule has 2 unspecified atom stereocenters. The molecule has 2 atom stereocenters. The minimum Gasteiger partial charge on any atom is -0.316 e. The molecule has 1 saturated carbocycles. The molecule has 2 nitrogen and oxygen atoms in total. The van der Waals surface area contributed by atoms with Crippen LogP contribution in [0.4, 0.5) is 0 Å². The number of hydrogen-bond donors (Lipinski definition) is 1. The van der Waals surface area contributed by atoms with E-state index in [2.05, 4.69) is 5.32 Å². The number of hydrogen-bond acceptors (Lipinski definition) is 2. The van der Waals surface area contributed by atoms with Crippen molar-refractivity contribution in [1.82, 2.24) is 5.32 Å². The minimum absolute atomic E-state index is 0.390. The molecule has 1 aliphatic heterocycles. The van der Waals surface area contributed by atoms with E-state index in [1.54, 1.807) is 0 Å². The fourth-order valence-electron chi connectivity index (χ4n) is 2.35. The van der Waals surface area contributed by atoms with Gasteiger partial charge in [0.25, 0.3) is 0 Å². The van der Waals surface area contributed by atoms with Crippen molar-refractivity contribution in [1.29, 1.82) is 0 Å². The Morgan fingerprint density at radius 3 is 2.20 bits per heavy atom. The first-order chi connectivity index (χ1) is 4.92. The summed E-state index contributed by atoms with van der Waals surface area (Å²) >= 11 is 0. The Kier molecular flexibility index (Phi) is 1.49. The van der Waals surface area contributed by atoms with Crippen LogP contribution in [-0.2, 0) is 4.79 Å². The molecule has 0 radical (unpaired) electrons. The molecule has 1 saturated heterocycles. The number of rotatable bonds is 1. The van der Waals surface area contributed by atoms with Gasteiger partial charge < -0.3 is 10.1 Å². The van der Waals surface area contributed by atoms with Gasteiger partial charge in [0, 0.05) is 5.92 Å². The van der Waals surface area contributed by atoms with E-state index in [9.17, 15) is 4.79 Å². The Balaban J connectivity index is 2.13. The standard InChI is InChI=1S/C8H13NO/c10-5-8-6-1-2-7(8)4-9-3-6/h5-9H,1-4H2. The van der Waals surface area contributed by atoms with Crippen LogP contribution in [0.1, 0.15) is 12.8 Å². The zero-order chi connectivity index (χ0) is 6.97. The maximum Gasteiger partial charge on any atom is 0.123 e. The molecule has 0 aromatic heterocycles. The summed E-state index contributed by atoms with van der Waals surface area (Å²) in [6.07, 6.45) is 3.70. The van der Waals surface area contributed by atoms with E-state index in [1.165, 1.54) is 19.1 Å². The second kappa shape index (κ2) is 2.35. The van der Waals surface area contributed by atoms with Crippen LogP contribution in [-0.4, -0.2) is 19.4 Å². The van der Waals surface area contributed by atoms with Crippen LogP contribution in [0.5, 0.6) is 0 Å². The Morgan fingerprint density at radius 2 is 1.80 bits per heavy atom. The van der Waals surface area contributed by atoms with Gasteiger partial charge in [-0.3, -0.25) is 0 Å². The summed E-state index contributed by atoms with van der Waals surface area (Å²) in [6.45, 7) is 2.14. The Bertz CT molecular complexity index is 130. The molecule has 2 rings (SSSR count). The van der Waals surface area contributed by atoms with E-state index < -0.39 is 0 Å². The zero-order valence-corrected chi connectivity index (χ0v) is 6.05. The third kappa shape index (κ3) is 0.788. The molecule has 1 N–H and O–H groups in total. The number of nitrogens with one attached hydrogen (secondary N) is 1. The van der Waals surface area contributed by atoms with Gasteiger partial charge in [0.05, 0.1) is 0 Å². The molecule has 0 aromatic carbocycles. The largest absolute Gasteiger partial charge is 0.316 e. The number of carbonyl (C=O) groups is 1. The first-order valence-corrected chi connectivity index (χ1v) is 4.08. The summed E-state index contributed by atoms with van der Waals surface area (Å²) in [5.74, 6) is 1.72. The lowest BCUT2D eigenvalue weighted by Crippen LogP contribution is -2.38. The molecule has 0 amide bonds. The average Bonchev–Trinajstić information content (AvgIpc) is 2.19. The quantitative estimate of drug-likeness (QED) is 0.534. The Labute approximate surface area is 61.0 Å². The highest BCUT2D eigenvalue weighted by Gasteiger charge is 2.38. The van der Waals surface area contributed by atoms with Gasteiger partial charge in [-0.15, -0.1) is 0 Å². The van der Waals surface area contributed by atoms with Crippen molar-refractivity contribution in [3.8, 4) is 0 Å². The summed E-state index contributed by atoms with van der Waals surface area (Å²) in [4.78, 5) is 10.6. The summed E-state index contributed by atoms with van der Waals surface area (Å²) in [6, 6.07) is 0. The van der Waals surface area contributed by atoms with Gasteiger partial charge in [0.2, 0.25) is 0 Å². The molecule has 2 aliphatic rings. The van der Waals surface area contributed by atoms with E-state index in [1.807, 2.05) is 0 Å². The van der Waals surface area contributed by atoms with Gasteiger partial charge in [-0.1, -0.05) is 0 Å². The van der Waals surface area contributed by atoms with Crippen LogP contribution in [0.15, 0.2) is 0 Å². The summed E-state index contributed by atoms with van der Waals surface area (Å²) in [7, 11) is 0. The van der Waals surface area contributed by atoms with Gasteiger partial charge in [0.15, 0.2) is 0 Å². The van der Waals surface area contributed by atoms with Crippen LogP contribution in [0, 0.1) is 17.8 Å². The van der Waals surface area contributed by atoms with Crippen molar-refractivity contribution in [2.75, 3.05) is 13.1 Å². The SMILES string of the molecule is O=CC1C2CCC1CNC2. The van der Waals surface area contributed by atoms with Gasteiger partial charge in [0.1, 0.15) is 6.29 Å². The predicted octanol–water partition coefficient (Wildman–Crippen LogP) is 0.431. The monoisotopic (exact) mass is 139 g/mol. The molecular formula is C8H13NO. The number of fused-ring (bicyclic) bond motifs is 2. The normalized spacial score (nSPS) is 45.4. The molecule has 2 heteroatoms. The van der Waals surface area contributed by atoms with E-state index in [4.69, 9.17) is 0 Å². The highest BCUT2D eigenvalue weighted by Crippen LogP contribution is 2.37. The second-order valence-corrected chi connectivity index (χ2v) is 3.47. The third-order valence-corrected chi connectivity index (χ3v) is 2.97. The Morgan fingerprint density at radius 1 is 1.20 bits per heavy atom. The van der Waals surface area contributed by atoms with Crippen LogP contribution < -0.4 is 5.32 Å². The van der Waals surface area contributed by atoms with Crippen LogP contribution in [0.3, 0.4) is 0 Å². The van der Waals surface area contributed by atoms with Crippen molar-refractivity contribution in [3.05, 3.63) is 0 Å². The van der Waals surface area contributed by atoms with Crippen molar-refractivity contribution in [2.24, 2.45) is 17.8 Å². The highest BCUT2D eigenvalue weighted by molar-refractivity contribution is 5.55. The first-order valence-electron chi connectivity index (χ1n) is 4.08. The van der Waals surface area contributed by atoms with Crippen molar-refractivity contribution < 1.29 is 4.79 Å². The third-order valence-electron chi connectivity index (χ3n) is 2.97. The number of aldehydes is 1. The first kappa shape index (κ1) is 6.35. The minimum atomic E-state index is 0.390. The summed E-state index contributed by atoms with van der Waals surface area (Å²) in [5, 5.41) is 3.35. The maximum atomic E-state index is 10.6. The predicted molar refractivity (Wildman–Crippen MR) is 38.6 cm³/mol. The topological polar surface area (TPSA) is 29.1 Å². The maximum absolute atomic E-state index is 10.6. The average molecular weight is 139 g/mol. The molecule has 56 valence electrons. The lowest BCUT2D eigenvalue weighted by atomic mass is 9.88. The zero-order valence-electron chi connectivity index (χ0n) is 6.05. The molecule has 2 bridgehead atoms. The lowest BCUT2D eigenvalue weighted by molar-refractivity contribution is -0.113. The van der Waals surface area contributed by atoms with Crippen LogP contribution in [0.25, 0.3) is 0 Å². The van der Waals surface area contributed by atoms with Gasteiger partial charge >= 0.3 is 0 Å². The van der Waals surface area contributed by atoms with E-state index in [-0.39, 0.29) is 0 Å². The van der Waals surface area contributed by atoms with Crippen LogP contribution >= 0.6 is 0 Å². The summed E-state index contributed by atoms with van der Waals surface area (Å²) < 4.78 is 0. The highest BCUT2D eigenvalue weighted by atomic mass is 16.1. The van der Waals surface area contributed by atoms with E-state index in [0.717, 1.165) is 13.1 Å². The number of carbonyl (C=O) groups excluding carboxylic acids is 1. The fourth-order valence-corrected chi connectivity index (χ4v) is 2.35. The molecule has 10 heavy (non-hydrogen) atoms. The smallest absolute Gasteiger partial charge is 0.123 e. The molecular weight excluding hydrogens is 126 g/mol. The van der Waals surface area contributed by atoms with Crippen molar-refractivity contribution >= 4 is 6.29 Å². The molecule has 1 heterocycles.